The number of benzene rings is 2. The van der Waals surface area contributed by atoms with Crippen molar-refractivity contribution in [1.29, 1.82) is 0 Å². The van der Waals surface area contributed by atoms with Gasteiger partial charge in [-0.3, -0.25) is 14.9 Å². The third kappa shape index (κ3) is 7.40. The van der Waals surface area contributed by atoms with Crippen LogP contribution in [-0.2, 0) is 9.53 Å². The van der Waals surface area contributed by atoms with Crippen molar-refractivity contribution < 1.29 is 23.8 Å². The summed E-state index contributed by atoms with van der Waals surface area (Å²) in [5.74, 6) is 0.457. The third-order valence-corrected chi connectivity index (χ3v) is 4.29. The minimum absolute atomic E-state index is 0.0686. The number of methoxy groups -OCH3 is 3. The van der Waals surface area contributed by atoms with Crippen LogP contribution in [0.3, 0.4) is 0 Å². The van der Waals surface area contributed by atoms with Gasteiger partial charge in [-0.15, -0.1) is 0 Å². The Labute approximate surface area is 186 Å². The van der Waals surface area contributed by atoms with Gasteiger partial charge in [0, 0.05) is 19.7 Å². The van der Waals surface area contributed by atoms with E-state index in [9.17, 15) is 9.59 Å². The highest BCUT2D eigenvalue weighted by Crippen LogP contribution is 2.27. The number of amides is 2. The van der Waals surface area contributed by atoms with E-state index in [1.165, 1.54) is 13.2 Å². The lowest BCUT2D eigenvalue weighted by Gasteiger charge is -2.13. The minimum Gasteiger partial charge on any atom is -0.493 e. The summed E-state index contributed by atoms with van der Waals surface area (Å²) in [5, 5.41) is 8.25. The van der Waals surface area contributed by atoms with Crippen molar-refractivity contribution in [3.63, 3.8) is 0 Å². The van der Waals surface area contributed by atoms with Gasteiger partial charge in [-0.1, -0.05) is 18.2 Å². The molecule has 0 aliphatic heterocycles. The summed E-state index contributed by atoms with van der Waals surface area (Å²) < 4.78 is 15.4. The van der Waals surface area contributed by atoms with Gasteiger partial charge in [-0.25, -0.2) is 0 Å². The molecule has 0 aliphatic rings. The average Bonchev–Trinajstić information content (AvgIpc) is 2.77. The van der Waals surface area contributed by atoms with Gasteiger partial charge in [-0.2, -0.15) is 0 Å². The highest BCUT2D eigenvalue weighted by Gasteiger charge is 2.12. The van der Waals surface area contributed by atoms with Crippen molar-refractivity contribution in [2.45, 2.75) is 0 Å². The standard InChI is InChI=1S/C22H25N3O5S/c1-28-13-12-23-21(27)16-6-4-5-7-17(16)24-22(31)25-20(26)11-9-15-8-10-18(29-2)19(14-15)30-3/h4-11,14H,12-13H2,1-3H3,(H,23,27)(H2,24,25,26,31)/b11-9+. The number of carbonyl (C=O) groups is 2. The zero-order valence-corrected chi connectivity index (χ0v) is 18.4. The molecule has 8 nitrogen and oxygen atoms in total. The lowest BCUT2D eigenvalue weighted by Crippen LogP contribution is -2.34. The summed E-state index contributed by atoms with van der Waals surface area (Å²) in [6.45, 7) is 0.786. The number of anilines is 1. The zero-order valence-electron chi connectivity index (χ0n) is 17.6. The van der Waals surface area contributed by atoms with Crippen LogP contribution in [0.25, 0.3) is 6.08 Å². The maximum atomic E-state index is 12.3. The molecule has 164 valence electrons. The van der Waals surface area contributed by atoms with Crippen molar-refractivity contribution in [3.05, 3.63) is 59.7 Å². The minimum atomic E-state index is -0.422. The molecular weight excluding hydrogens is 418 g/mol. The van der Waals surface area contributed by atoms with E-state index in [1.54, 1.807) is 62.8 Å². The second-order valence-electron chi connectivity index (χ2n) is 6.19. The smallest absolute Gasteiger partial charge is 0.253 e. The highest BCUT2D eigenvalue weighted by atomic mass is 32.1. The van der Waals surface area contributed by atoms with Crippen molar-refractivity contribution >= 4 is 40.9 Å². The van der Waals surface area contributed by atoms with Crippen molar-refractivity contribution in [2.24, 2.45) is 0 Å². The number of rotatable bonds is 9. The maximum absolute atomic E-state index is 12.3. The molecule has 2 amide bonds. The van der Waals surface area contributed by atoms with Crippen molar-refractivity contribution in [1.82, 2.24) is 10.6 Å². The molecule has 0 radical (unpaired) electrons. The Balaban J connectivity index is 1.98. The van der Waals surface area contributed by atoms with E-state index in [2.05, 4.69) is 16.0 Å². The van der Waals surface area contributed by atoms with Gasteiger partial charge < -0.3 is 24.8 Å². The predicted molar refractivity (Wildman–Crippen MR) is 124 cm³/mol. The Morgan fingerprint density at radius 1 is 1.03 bits per heavy atom. The molecule has 0 heterocycles. The van der Waals surface area contributed by atoms with Crippen LogP contribution >= 0.6 is 12.2 Å². The van der Waals surface area contributed by atoms with Crippen LogP contribution in [0.15, 0.2) is 48.5 Å². The molecule has 0 saturated heterocycles. The average molecular weight is 444 g/mol. The van der Waals surface area contributed by atoms with E-state index in [0.29, 0.717) is 35.9 Å². The normalized spacial score (nSPS) is 10.4. The molecule has 0 aromatic heterocycles. The van der Waals surface area contributed by atoms with Crippen LogP contribution < -0.4 is 25.4 Å². The quantitative estimate of drug-likeness (QED) is 0.311. The van der Waals surface area contributed by atoms with Crippen molar-refractivity contribution in [3.8, 4) is 11.5 Å². The SMILES string of the molecule is COCCNC(=O)c1ccccc1NC(=S)NC(=O)/C=C/c1ccc(OC)c(OC)c1. The predicted octanol–water partition coefficient (Wildman–Crippen LogP) is 2.61. The zero-order chi connectivity index (χ0) is 22.6. The molecular formula is C22H25N3O5S. The third-order valence-electron chi connectivity index (χ3n) is 4.08. The highest BCUT2D eigenvalue weighted by molar-refractivity contribution is 7.80. The first-order chi connectivity index (χ1) is 15.0. The molecule has 0 unspecified atom stereocenters. The number of hydrogen-bond acceptors (Lipinski definition) is 6. The summed E-state index contributed by atoms with van der Waals surface area (Å²) in [7, 11) is 4.65. The summed E-state index contributed by atoms with van der Waals surface area (Å²) in [6, 6.07) is 12.1. The van der Waals surface area contributed by atoms with E-state index in [0.717, 1.165) is 5.56 Å². The Kier molecular flexibility index (Phi) is 9.47. The second-order valence-corrected chi connectivity index (χ2v) is 6.59. The van der Waals surface area contributed by atoms with Gasteiger partial charge in [0.15, 0.2) is 16.6 Å². The topological polar surface area (TPSA) is 97.9 Å². The van der Waals surface area contributed by atoms with E-state index >= 15 is 0 Å². The maximum Gasteiger partial charge on any atom is 0.253 e. The molecule has 2 aromatic rings. The Hall–Kier alpha value is -3.43. The second kappa shape index (κ2) is 12.3. The van der Waals surface area contributed by atoms with E-state index in [4.69, 9.17) is 26.4 Å². The number of hydrogen-bond donors (Lipinski definition) is 3. The molecule has 0 atom stereocenters. The fraction of sp³-hybridized carbons (Fsp3) is 0.227. The van der Waals surface area contributed by atoms with Crippen LogP contribution in [0.1, 0.15) is 15.9 Å². The Bertz CT molecular complexity index is 962. The molecule has 2 aromatic carbocycles. The molecule has 2 rings (SSSR count). The Morgan fingerprint density at radius 2 is 1.77 bits per heavy atom. The number of para-hydroxylation sites is 1. The lowest BCUT2D eigenvalue weighted by molar-refractivity contribution is -0.115. The van der Waals surface area contributed by atoms with Crippen LogP contribution in [0, 0.1) is 0 Å². The van der Waals surface area contributed by atoms with E-state index in [-0.39, 0.29) is 11.0 Å². The number of thiocarbonyl (C=S) groups is 1. The van der Waals surface area contributed by atoms with E-state index in [1.807, 2.05) is 0 Å². The van der Waals surface area contributed by atoms with Gasteiger partial charge in [0.05, 0.1) is 32.1 Å². The number of carbonyl (C=O) groups excluding carboxylic acids is 2. The Morgan fingerprint density at radius 3 is 2.48 bits per heavy atom. The lowest BCUT2D eigenvalue weighted by atomic mass is 10.1. The van der Waals surface area contributed by atoms with Crippen LogP contribution in [-0.4, -0.2) is 51.4 Å². The van der Waals surface area contributed by atoms with Gasteiger partial charge >= 0.3 is 0 Å². The molecule has 0 aliphatic carbocycles. The summed E-state index contributed by atoms with van der Waals surface area (Å²) in [6.07, 6.45) is 2.97. The fourth-order valence-electron chi connectivity index (χ4n) is 2.59. The first-order valence-corrected chi connectivity index (χ1v) is 9.77. The van der Waals surface area contributed by atoms with Gasteiger partial charge in [0.2, 0.25) is 5.91 Å². The summed E-state index contributed by atoms with van der Waals surface area (Å²) >= 11 is 5.20. The fourth-order valence-corrected chi connectivity index (χ4v) is 2.80. The summed E-state index contributed by atoms with van der Waals surface area (Å²) in [4.78, 5) is 24.5. The first-order valence-electron chi connectivity index (χ1n) is 9.36. The van der Waals surface area contributed by atoms with Crippen LogP contribution in [0.4, 0.5) is 5.69 Å². The first kappa shape index (κ1) is 23.8. The monoisotopic (exact) mass is 443 g/mol. The molecule has 0 fully saturated rings. The van der Waals surface area contributed by atoms with Crippen LogP contribution in [0.2, 0.25) is 0 Å². The molecule has 0 spiro atoms. The molecule has 0 bridgehead atoms. The van der Waals surface area contributed by atoms with Crippen molar-refractivity contribution in [2.75, 3.05) is 39.8 Å². The van der Waals surface area contributed by atoms with Crippen LogP contribution in [0.5, 0.6) is 11.5 Å². The molecule has 3 N–H and O–H groups in total. The van der Waals surface area contributed by atoms with Gasteiger partial charge in [-0.05, 0) is 48.1 Å². The summed E-state index contributed by atoms with van der Waals surface area (Å²) in [5.41, 5.74) is 1.63. The number of ether oxygens (including phenoxy) is 3. The van der Waals surface area contributed by atoms with E-state index < -0.39 is 5.91 Å². The molecule has 0 saturated carbocycles. The van der Waals surface area contributed by atoms with Gasteiger partial charge in [0.1, 0.15) is 0 Å². The number of nitrogens with one attached hydrogen (secondary N) is 3. The molecule has 31 heavy (non-hydrogen) atoms. The molecule has 9 heteroatoms. The van der Waals surface area contributed by atoms with Gasteiger partial charge in [0.25, 0.3) is 5.91 Å². The largest absolute Gasteiger partial charge is 0.493 e.